The number of hydrogen-bond donors (Lipinski definition) is 2. The summed E-state index contributed by atoms with van der Waals surface area (Å²) in [5.41, 5.74) is 7.51. The number of rotatable bonds is 5. The molecule has 0 radical (unpaired) electrons. The van der Waals surface area contributed by atoms with E-state index >= 15 is 0 Å². The highest BCUT2D eigenvalue weighted by Crippen LogP contribution is 2.37. The van der Waals surface area contributed by atoms with Crippen LogP contribution in [-0.4, -0.2) is 24.5 Å². The van der Waals surface area contributed by atoms with Crippen molar-refractivity contribution in [3.05, 3.63) is 65.2 Å². The summed E-state index contributed by atoms with van der Waals surface area (Å²) in [7, 11) is 0. The lowest BCUT2D eigenvalue weighted by Crippen LogP contribution is -2.36. The molecule has 2 aromatic rings. The van der Waals surface area contributed by atoms with Crippen molar-refractivity contribution in [2.75, 3.05) is 6.54 Å². The minimum absolute atomic E-state index is 0.0854. The van der Waals surface area contributed by atoms with Gasteiger partial charge in [0.2, 0.25) is 11.8 Å². The van der Waals surface area contributed by atoms with Crippen molar-refractivity contribution < 1.29 is 14.3 Å². The molecule has 0 aromatic heterocycles. The quantitative estimate of drug-likeness (QED) is 0.883. The van der Waals surface area contributed by atoms with Crippen LogP contribution in [0.1, 0.15) is 34.3 Å². The molecule has 2 amide bonds. The summed E-state index contributed by atoms with van der Waals surface area (Å²) in [5, 5.41) is 2.89. The Labute approximate surface area is 140 Å². The van der Waals surface area contributed by atoms with E-state index in [0.717, 1.165) is 11.3 Å². The van der Waals surface area contributed by atoms with Crippen molar-refractivity contribution in [1.82, 2.24) is 5.32 Å². The third kappa shape index (κ3) is 3.25. The minimum atomic E-state index is -0.526. The Kier molecular flexibility index (Phi) is 4.51. The first-order valence-electron chi connectivity index (χ1n) is 7.96. The average molecular weight is 324 g/mol. The Morgan fingerprint density at radius 3 is 2.58 bits per heavy atom. The van der Waals surface area contributed by atoms with Crippen molar-refractivity contribution in [2.24, 2.45) is 5.73 Å². The normalized spacial score (nSPS) is 18.5. The van der Waals surface area contributed by atoms with E-state index in [0.29, 0.717) is 17.7 Å². The summed E-state index contributed by atoms with van der Waals surface area (Å²) in [5.74, 6) is 0.416. The van der Waals surface area contributed by atoms with Gasteiger partial charge in [0.1, 0.15) is 11.9 Å². The van der Waals surface area contributed by atoms with Crippen LogP contribution in [0.15, 0.2) is 48.5 Å². The van der Waals surface area contributed by atoms with Crippen LogP contribution < -0.4 is 15.8 Å². The maximum atomic E-state index is 12.2. The van der Waals surface area contributed by atoms with E-state index in [1.165, 1.54) is 0 Å². The monoisotopic (exact) mass is 324 g/mol. The summed E-state index contributed by atoms with van der Waals surface area (Å²) >= 11 is 0. The number of benzene rings is 2. The van der Waals surface area contributed by atoms with Crippen molar-refractivity contribution in [3.8, 4) is 5.75 Å². The highest BCUT2D eigenvalue weighted by Gasteiger charge is 2.30. The molecule has 3 N–H and O–H groups in total. The molecule has 0 saturated carbocycles. The zero-order valence-corrected chi connectivity index (χ0v) is 13.5. The van der Waals surface area contributed by atoms with Gasteiger partial charge in [-0.3, -0.25) is 9.59 Å². The molecule has 5 heteroatoms. The molecule has 0 bridgehead atoms. The van der Waals surface area contributed by atoms with Crippen molar-refractivity contribution in [3.63, 3.8) is 0 Å². The molecule has 2 atom stereocenters. The summed E-state index contributed by atoms with van der Waals surface area (Å²) in [6, 6.07) is 14.8. The summed E-state index contributed by atoms with van der Waals surface area (Å²) in [4.78, 5) is 23.6. The van der Waals surface area contributed by atoms with E-state index in [4.69, 9.17) is 10.5 Å². The predicted octanol–water partition coefficient (Wildman–Crippen LogP) is 2.01. The van der Waals surface area contributed by atoms with E-state index < -0.39 is 5.91 Å². The molecule has 24 heavy (non-hydrogen) atoms. The maximum absolute atomic E-state index is 12.2. The van der Waals surface area contributed by atoms with Crippen LogP contribution >= 0.6 is 0 Å². The van der Waals surface area contributed by atoms with Crippen molar-refractivity contribution >= 4 is 11.8 Å². The fourth-order valence-corrected chi connectivity index (χ4v) is 3.01. The molecule has 0 saturated heterocycles. The van der Waals surface area contributed by atoms with Crippen LogP contribution in [0, 0.1) is 0 Å². The van der Waals surface area contributed by atoms with Gasteiger partial charge >= 0.3 is 0 Å². The standard InChI is InChI=1S/C19H20N2O3/c1-12-14-7-4-5-9-16(14)24-17(12)11-21-18(22)10-13-6-2-3-8-15(13)19(20)23/h2-9,12,17H,10-11H2,1H3,(H2,20,23)(H,21,22)/t12-,17-/m1/s1. The second-order valence-corrected chi connectivity index (χ2v) is 5.99. The van der Waals surface area contributed by atoms with Gasteiger partial charge in [0, 0.05) is 17.0 Å². The molecule has 5 nitrogen and oxygen atoms in total. The number of hydrogen-bond acceptors (Lipinski definition) is 3. The smallest absolute Gasteiger partial charge is 0.248 e. The summed E-state index contributed by atoms with van der Waals surface area (Å²) < 4.78 is 5.89. The molecule has 124 valence electrons. The third-order valence-corrected chi connectivity index (χ3v) is 4.38. The number of para-hydroxylation sites is 1. The summed E-state index contributed by atoms with van der Waals surface area (Å²) in [6.45, 7) is 2.51. The van der Waals surface area contributed by atoms with E-state index in [2.05, 4.69) is 12.2 Å². The van der Waals surface area contributed by atoms with Crippen LogP contribution in [0.25, 0.3) is 0 Å². The van der Waals surface area contributed by atoms with E-state index in [-0.39, 0.29) is 24.3 Å². The number of primary amides is 1. The van der Waals surface area contributed by atoms with Gasteiger partial charge in [0.25, 0.3) is 0 Å². The Morgan fingerprint density at radius 1 is 1.12 bits per heavy atom. The van der Waals surface area contributed by atoms with Gasteiger partial charge < -0.3 is 15.8 Å². The Bertz CT molecular complexity index is 773. The largest absolute Gasteiger partial charge is 0.488 e. The van der Waals surface area contributed by atoms with Crippen molar-refractivity contribution in [1.29, 1.82) is 0 Å². The predicted molar refractivity (Wildman–Crippen MR) is 90.9 cm³/mol. The molecule has 1 aliphatic rings. The first-order valence-corrected chi connectivity index (χ1v) is 7.96. The van der Waals surface area contributed by atoms with Crippen LogP contribution in [0.4, 0.5) is 0 Å². The fourth-order valence-electron chi connectivity index (χ4n) is 3.01. The fraction of sp³-hybridized carbons (Fsp3) is 0.263. The molecular formula is C19H20N2O3. The number of fused-ring (bicyclic) bond motifs is 1. The summed E-state index contributed by atoms with van der Waals surface area (Å²) in [6.07, 6.45) is 0.0328. The molecule has 1 aliphatic heterocycles. The highest BCUT2D eigenvalue weighted by atomic mass is 16.5. The van der Waals surface area contributed by atoms with Gasteiger partial charge in [-0.2, -0.15) is 0 Å². The first-order chi connectivity index (χ1) is 11.6. The van der Waals surface area contributed by atoms with Crippen LogP contribution in [-0.2, 0) is 11.2 Å². The number of carbonyl (C=O) groups excluding carboxylic acids is 2. The SMILES string of the molecule is C[C@@H]1c2ccccc2O[C@@H]1CNC(=O)Cc1ccccc1C(N)=O. The van der Waals surface area contributed by atoms with Gasteiger partial charge in [0.15, 0.2) is 0 Å². The minimum Gasteiger partial charge on any atom is -0.488 e. The number of ether oxygens (including phenoxy) is 1. The van der Waals surface area contributed by atoms with E-state index in [1.807, 2.05) is 24.3 Å². The molecule has 2 aromatic carbocycles. The van der Waals surface area contributed by atoms with Crippen LogP contribution in [0.2, 0.25) is 0 Å². The van der Waals surface area contributed by atoms with Crippen LogP contribution in [0.5, 0.6) is 5.75 Å². The Hall–Kier alpha value is -2.82. The van der Waals surface area contributed by atoms with Crippen LogP contribution in [0.3, 0.4) is 0 Å². The lowest BCUT2D eigenvalue weighted by Gasteiger charge is -2.16. The average Bonchev–Trinajstić information content (AvgIpc) is 2.90. The van der Waals surface area contributed by atoms with Gasteiger partial charge in [-0.1, -0.05) is 43.3 Å². The molecule has 0 aliphatic carbocycles. The second-order valence-electron chi connectivity index (χ2n) is 5.99. The van der Waals surface area contributed by atoms with E-state index in [9.17, 15) is 9.59 Å². The van der Waals surface area contributed by atoms with Gasteiger partial charge in [0.05, 0.1) is 13.0 Å². The van der Waals surface area contributed by atoms with Crippen molar-refractivity contribution in [2.45, 2.75) is 25.4 Å². The topological polar surface area (TPSA) is 81.4 Å². The zero-order chi connectivity index (χ0) is 17.1. The van der Waals surface area contributed by atoms with Gasteiger partial charge in [-0.15, -0.1) is 0 Å². The molecule has 3 rings (SSSR count). The lowest BCUT2D eigenvalue weighted by molar-refractivity contribution is -0.120. The van der Waals surface area contributed by atoms with Gasteiger partial charge in [-0.25, -0.2) is 0 Å². The third-order valence-electron chi connectivity index (χ3n) is 4.38. The highest BCUT2D eigenvalue weighted by molar-refractivity contribution is 5.95. The number of nitrogens with two attached hydrogens (primary N) is 1. The number of nitrogens with one attached hydrogen (secondary N) is 1. The maximum Gasteiger partial charge on any atom is 0.248 e. The molecule has 1 heterocycles. The molecule has 0 fully saturated rings. The number of carbonyl (C=O) groups is 2. The number of amides is 2. The molecule has 0 unspecified atom stereocenters. The first kappa shape index (κ1) is 16.1. The Morgan fingerprint density at radius 2 is 1.83 bits per heavy atom. The zero-order valence-electron chi connectivity index (χ0n) is 13.5. The molecular weight excluding hydrogens is 304 g/mol. The second kappa shape index (κ2) is 6.74. The van der Waals surface area contributed by atoms with Gasteiger partial charge in [-0.05, 0) is 17.7 Å². The Balaban J connectivity index is 1.59. The lowest BCUT2D eigenvalue weighted by atomic mass is 9.97. The van der Waals surface area contributed by atoms with E-state index in [1.54, 1.807) is 24.3 Å². The molecule has 0 spiro atoms.